The largest absolute Gasteiger partial charge is 0.494 e. The molecule has 1 heterocycles. The van der Waals surface area contributed by atoms with Gasteiger partial charge in [0.2, 0.25) is 0 Å². The molecule has 1 aromatic heterocycles. The summed E-state index contributed by atoms with van der Waals surface area (Å²) in [5, 5.41) is 0. The van der Waals surface area contributed by atoms with E-state index in [9.17, 15) is 4.39 Å². The van der Waals surface area contributed by atoms with Crippen LogP contribution in [0.15, 0.2) is 30.7 Å². The summed E-state index contributed by atoms with van der Waals surface area (Å²) in [5.74, 6) is -0.210. The fourth-order valence-electron chi connectivity index (χ4n) is 1.64. The lowest BCUT2D eigenvalue weighted by molar-refractivity contribution is 0.386. The molecule has 2 aromatic rings. The molecule has 0 saturated heterocycles. The molecule has 2 rings (SSSR count). The Morgan fingerprint density at radius 2 is 2.24 bits per heavy atom. The van der Waals surface area contributed by atoms with Gasteiger partial charge in [-0.25, -0.2) is 9.37 Å². The first-order chi connectivity index (χ1) is 8.11. The lowest BCUT2D eigenvalue weighted by atomic mass is 10.1. The summed E-state index contributed by atoms with van der Waals surface area (Å²) >= 11 is 0. The number of aromatic nitrogens is 2. The van der Waals surface area contributed by atoms with Gasteiger partial charge in [0, 0.05) is 13.2 Å². The van der Waals surface area contributed by atoms with Crippen molar-refractivity contribution in [3.63, 3.8) is 0 Å². The predicted octanol–water partition coefficient (Wildman–Crippen LogP) is 1.62. The van der Waals surface area contributed by atoms with Gasteiger partial charge in [-0.2, -0.15) is 0 Å². The maximum Gasteiger partial charge on any atom is 0.165 e. The molecule has 0 saturated carbocycles. The van der Waals surface area contributed by atoms with Crippen molar-refractivity contribution in [3.8, 4) is 5.75 Å². The van der Waals surface area contributed by atoms with Crippen LogP contribution in [-0.4, -0.2) is 16.7 Å². The number of methoxy groups -OCH3 is 1. The van der Waals surface area contributed by atoms with E-state index >= 15 is 0 Å². The topological polar surface area (TPSA) is 53.1 Å². The second-order valence-electron chi connectivity index (χ2n) is 3.84. The van der Waals surface area contributed by atoms with Crippen LogP contribution in [0.5, 0.6) is 5.75 Å². The van der Waals surface area contributed by atoms with Crippen LogP contribution in [0.25, 0.3) is 0 Å². The monoisotopic (exact) mass is 235 g/mol. The molecule has 1 unspecified atom stereocenters. The highest BCUT2D eigenvalue weighted by Gasteiger charge is 2.13. The Kier molecular flexibility index (Phi) is 3.10. The quantitative estimate of drug-likeness (QED) is 0.879. The molecule has 1 aromatic carbocycles. The molecule has 0 aliphatic heterocycles. The van der Waals surface area contributed by atoms with Gasteiger partial charge >= 0.3 is 0 Å². The number of nitrogens with two attached hydrogens (primary N) is 1. The predicted molar refractivity (Wildman–Crippen MR) is 62.2 cm³/mol. The van der Waals surface area contributed by atoms with Crippen LogP contribution >= 0.6 is 0 Å². The molecular formula is C12H14FN3O. The van der Waals surface area contributed by atoms with E-state index < -0.39 is 11.9 Å². The fourth-order valence-corrected chi connectivity index (χ4v) is 1.64. The van der Waals surface area contributed by atoms with Gasteiger partial charge in [0.15, 0.2) is 11.6 Å². The molecule has 0 fully saturated rings. The van der Waals surface area contributed by atoms with Crippen LogP contribution in [0.4, 0.5) is 4.39 Å². The smallest absolute Gasteiger partial charge is 0.165 e. The normalized spacial score (nSPS) is 12.5. The minimum absolute atomic E-state index is 0.210. The van der Waals surface area contributed by atoms with Crippen LogP contribution in [0.2, 0.25) is 0 Å². The van der Waals surface area contributed by atoms with E-state index in [4.69, 9.17) is 10.5 Å². The molecule has 0 aliphatic carbocycles. The highest BCUT2D eigenvalue weighted by atomic mass is 19.1. The Balaban J connectivity index is 2.31. The number of aryl methyl sites for hydroxylation is 1. The van der Waals surface area contributed by atoms with Crippen LogP contribution in [0.1, 0.15) is 17.3 Å². The second-order valence-corrected chi connectivity index (χ2v) is 3.84. The van der Waals surface area contributed by atoms with Gasteiger partial charge in [-0.3, -0.25) is 0 Å². The van der Waals surface area contributed by atoms with Crippen molar-refractivity contribution in [1.82, 2.24) is 9.55 Å². The molecule has 0 bridgehead atoms. The molecule has 2 N–H and O–H groups in total. The maximum atomic E-state index is 13.5. The summed E-state index contributed by atoms with van der Waals surface area (Å²) in [6.45, 7) is 0. The summed E-state index contributed by atoms with van der Waals surface area (Å²) in [6.07, 6.45) is 3.47. The molecule has 0 aliphatic rings. The van der Waals surface area contributed by atoms with Crippen molar-refractivity contribution < 1.29 is 9.13 Å². The van der Waals surface area contributed by atoms with Crippen LogP contribution < -0.4 is 10.5 Å². The number of halogens is 1. The third-order valence-corrected chi connectivity index (χ3v) is 2.58. The zero-order valence-corrected chi connectivity index (χ0v) is 9.72. The Morgan fingerprint density at radius 1 is 1.47 bits per heavy atom. The summed E-state index contributed by atoms with van der Waals surface area (Å²) < 4.78 is 20.2. The number of rotatable bonds is 3. The lowest BCUT2D eigenvalue weighted by Crippen LogP contribution is -2.12. The van der Waals surface area contributed by atoms with Crippen LogP contribution in [0, 0.1) is 5.82 Å². The Hall–Kier alpha value is -1.88. The van der Waals surface area contributed by atoms with Gasteiger partial charge in [-0.1, -0.05) is 6.07 Å². The highest BCUT2D eigenvalue weighted by Crippen LogP contribution is 2.23. The van der Waals surface area contributed by atoms with E-state index in [-0.39, 0.29) is 5.75 Å². The zero-order chi connectivity index (χ0) is 12.4. The SMILES string of the molecule is COc1ccc(C(N)c2cn(C)cn2)cc1F. The van der Waals surface area contributed by atoms with Gasteiger partial charge in [0.05, 0.1) is 25.2 Å². The fraction of sp³-hybridized carbons (Fsp3) is 0.250. The van der Waals surface area contributed by atoms with Crippen LogP contribution in [-0.2, 0) is 7.05 Å². The first kappa shape index (κ1) is 11.6. The first-order valence-electron chi connectivity index (χ1n) is 5.18. The van der Waals surface area contributed by atoms with Gasteiger partial charge in [-0.15, -0.1) is 0 Å². The Morgan fingerprint density at radius 3 is 2.76 bits per heavy atom. The molecule has 5 heteroatoms. The summed E-state index contributed by atoms with van der Waals surface area (Å²) in [6, 6.07) is 4.24. The zero-order valence-electron chi connectivity index (χ0n) is 9.72. The Bertz CT molecular complexity index is 524. The number of nitrogens with zero attached hydrogens (tertiary/aromatic N) is 2. The van der Waals surface area contributed by atoms with E-state index in [0.29, 0.717) is 11.3 Å². The molecule has 0 amide bonds. The molecule has 17 heavy (non-hydrogen) atoms. The average molecular weight is 235 g/mol. The van der Waals surface area contributed by atoms with Gasteiger partial charge in [0.1, 0.15) is 0 Å². The van der Waals surface area contributed by atoms with E-state index in [1.54, 1.807) is 23.0 Å². The first-order valence-corrected chi connectivity index (χ1v) is 5.18. The third kappa shape index (κ3) is 2.29. The van der Waals surface area contributed by atoms with E-state index in [1.807, 2.05) is 13.2 Å². The Labute approximate surface area is 98.8 Å². The van der Waals surface area contributed by atoms with Crippen molar-refractivity contribution in [1.29, 1.82) is 0 Å². The van der Waals surface area contributed by atoms with Crippen molar-refractivity contribution in [2.24, 2.45) is 12.8 Å². The highest BCUT2D eigenvalue weighted by molar-refractivity contribution is 5.33. The molecule has 90 valence electrons. The van der Waals surface area contributed by atoms with E-state index in [0.717, 1.165) is 0 Å². The van der Waals surface area contributed by atoms with Crippen molar-refractivity contribution >= 4 is 0 Å². The van der Waals surface area contributed by atoms with Gasteiger partial charge in [-0.05, 0) is 17.7 Å². The lowest BCUT2D eigenvalue weighted by Gasteiger charge is -2.10. The maximum absolute atomic E-state index is 13.5. The molecule has 4 nitrogen and oxygen atoms in total. The number of benzene rings is 1. The van der Waals surface area contributed by atoms with E-state index in [2.05, 4.69) is 4.98 Å². The summed E-state index contributed by atoms with van der Waals surface area (Å²) in [7, 11) is 3.29. The number of hydrogen-bond donors (Lipinski definition) is 1. The number of hydrogen-bond acceptors (Lipinski definition) is 3. The average Bonchev–Trinajstić information content (AvgIpc) is 2.75. The standard InChI is InChI=1S/C12H14FN3O/c1-16-6-10(15-7-16)12(14)8-3-4-11(17-2)9(13)5-8/h3-7,12H,14H2,1-2H3. The van der Waals surface area contributed by atoms with E-state index in [1.165, 1.54) is 13.2 Å². The van der Waals surface area contributed by atoms with Gasteiger partial charge in [0.25, 0.3) is 0 Å². The van der Waals surface area contributed by atoms with Crippen molar-refractivity contribution in [2.75, 3.05) is 7.11 Å². The van der Waals surface area contributed by atoms with Crippen molar-refractivity contribution in [3.05, 3.63) is 47.8 Å². The van der Waals surface area contributed by atoms with Gasteiger partial charge < -0.3 is 15.0 Å². The van der Waals surface area contributed by atoms with Crippen molar-refractivity contribution in [2.45, 2.75) is 6.04 Å². The minimum Gasteiger partial charge on any atom is -0.494 e. The summed E-state index contributed by atoms with van der Waals surface area (Å²) in [4.78, 5) is 4.15. The molecule has 1 atom stereocenters. The second kappa shape index (κ2) is 4.55. The molecule has 0 spiro atoms. The third-order valence-electron chi connectivity index (χ3n) is 2.58. The number of ether oxygens (including phenoxy) is 1. The number of imidazole rings is 1. The molecular weight excluding hydrogens is 221 g/mol. The van der Waals surface area contributed by atoms with Crippen LogP contribution in [0.3, 0.4) is 0 Å². The molecule has 0 radical (unpaired) electrons. The minimum atomic E-state index is -0.434. The summed E-state index contributed by atoms with van der Waals surface area (Å²) in [5.41, 5.74) is 7.38.